The SMILES string of the molecule is CC(C)OC(=O)C1=CN(C(=O)c2cccc(CN3CCC(N4CCOCC4)CC3)c2)CC(C)(C)c2c1[nH]c1ccccc21. The third-order valence-electron chi connectivity index (χ3n) is 9.03. The first-order valence-corrected chi connectivity index (χ1v) is 15.7. The number of esters is 1. The average molecular weight is 585 g/mol. The summed E-state index contributed by atoms with van der Waals surface area (Å²) in [4.78, 5) is 37.8. The largest absolute Gasteiger partial charge is 0.459 e. The van der Waals surface area contributed by atoms with E-state index in [1.807, 2.05) is 50.2 Å². The van der Waals surface area contributed by atoms with Gasteiger partial charge in [-0.15, -0.1) is 0 Å². The number of morpholine rings is 1. The molecular weight excluding hydrogens is 540 g/mol. The Morgan fingerprint density at radius 3 is 2.51 bits per heavy atom. The molecule has 8 nitrogen and oxygen atoms in total. The Labute approximate surface area is 254 Å². The van der Waals surface area contributed by atoms with Crippen molar-refractivity contribution >= 4 is 28.4 Å². The van der Waals surface area contributed by atoms with E-state index in [2.05, 4.69) is 40.8 Å². The lowest BCUT2D eigenvalue weighted by Crippen LogP contribution is -2.48. The molecule has 2 aromatic carbocycles. The fraction of sp³-hybridized carbons (Fsp3) is 0.486. The summed E-state index contributed by atoms with van der Waals surface area (Å²) in [5.41, 5.74) is 4.41. The molecular formula is C35H44N4O4. The van der Waals surface area contributed by atoms with Crippen LogP contribution in [0.1, 0.15) is 67.7 Å². The van der Waals surface area contributed by atoms with Gasteiger partial charge < -0.3 is 19.4 Å². The quantitative estimate of drug-likeness (QED) is 0.402. The van der Waals surface area contributed by atoms with E-state index in [4.69, 9.17) is 9.47 Å². The van der Waals surface area contributed by atoms with Gasteiger partial charge in [-0.05, 0) is 69.1 Å². The van der Waals surface area contributed by atoms with E-state index in [1.54, 1.807) is 11.1 Å². The first-order chi connectivity index (χ1) is 20.7. The van der Waals surface area contributed by atoms with Gasteiger partial charge in [-0.3, -0.25) is 14.6 Å². The number of nitrogens with one attached hydrogen (secondary N) is 1. The van der Waals surface area contributed by atoms with Gasteiger partial charge in [0.25, 0.3) is 5.91 Å². The normalized spacial score (nSPS) is 20.1. The first kappa shape index (κ1) is 29.6. The number of likely N-dealkylation sites (tertiary alicyclic amines) is 1. The van der Waals surface area contributed by atoms with E-state index in [0.717, 1.165) is 86.5 Å². The van der Waals surface area contributed by atoms with E-state index < -0.39 is 11.4 Å². The zero-order chi connectivity index (χ0) is 30.1. The summed E-state index contributed by atoms with van der Waals surface area (Å²) in [7, 11) is 0. The second kappa shape index (κ2) is 12.3. The van der Waals surface area contributed by atoms with Crippen LogP contribution in [-0.2, 0) is 26.2 Å². The minimum absolute atomic E-state index is 0.120. The number of ether oxygens (including phenoxy) is 2. The van der Waals surface area contributed by atoms with Crippen molar-refractivity contribution < 1.29 is 19.1 Å². The van der Waals surface area contributed by atoms with Crippen LogP contribution >= 0.6 is 0 Å². The van der Waals surface area contributed by atoms with Crippen molar-refractivity contribution in [3.8, 4) is 0 Å². The molecule has 6 rings (SSSR count). The summed E-state index contributed by atoms with van der Waals surface area (Å²) in [5, 5.41) is 1.06. The smallest absolute Gasteiger partial charge is 0.342 e. The number of rotatable bonds is 6. The van der Waals surface area contributed by atoms with Gasteiger partial charge in [0, 0.05) is 60.3 Å². The van der Waals surface area contributed by atoms with Crippen LogP contribution in [-0.4, -0.2) is 89.6 Å². The summed E-state index contributed by atoms with van der Waals surface area (Å²) in [6.45, 7) is 15.0. The third-order valence-corrected chi connectivity index (χ3v) is 9.03. The Kier molecular flexibility index (Phi) is 8.45. The van der Waals surface area contributed by atoms with Crippen LogP contribution in [0.25, 0.3) is 16.5 Å². The molecule has 3 aliphatic heterocycles. The Hall–Kier alpha value is -3.46. The highest BCUT2D eigenvalue weighted by Crippen LogP contribution is 2.40. The topological polar surface area (TPSA) is 78.1 Å². The van der Waals surface area contributed by atoms with E-state index >= 15 is 0 Å². The van der Waals surface area contributed by atoms with Gasteiger partial charge >= 0.3 is 5.97 Å². The zero-order valence-electron chi connectivity index (χ0n) is 25.9. The lowest BCUT2D eigenvalue weighted by molar-refractivity contribution is -0.140. The number of amides is 1. The second-order valence-corrected chi connectivity index (χ2v) is 13.1. The minimum atomic E-state index is -0.437. The number of para-hydroxylation sites is 1. The molecule has 0 saturated carbocycles. The lowest BCUT2D eigenvalue weighted by Gasteiger charge is -2.40. The Balaban J connectivity index is 1.23. The third kappa shape index (κ3) is 6.28. The van der Waals surface area contributed by atoms with Gasteiger partial charge in [0.05, 0.1) is 30.6 Å². The maximum absolute atomic E-state index is 14.1. The van der Waals surface area contributed by atoms with Crippen molar-refractivity contribution in [2.75, 3.05) is 45.9 Å². The number of carbonyl (C=O) groups excluding carboxylic acids is 2. The number of nitrogens with zero attached hydrogens (tertiary/aromatic N) is 3. The molecule has 8 heteroatoms. The Bertz CT molecular complexity index is 1510. The molecule has 0 unspecified atom stereocenters. The van der Waals surface area contributed by atoms with Crippen molar-refractivity contribution in [3.05, 3.63) is 77.1 Å². The Morgan fingerprint density at radius 2 is 1.77 bits per heavy atom. The second-order valence-electron chi connectivity index (χ2n) is 13.1. The number of aromatic nitrogens is 1. The highest BCUT2D eigenvalue weighted by Gasteiger charge is 2.37. The van der Waals surface area contributed by atoms with Crippen LogP contribution in [0.5, 0.6) is 0 Å². The summed E-state index contributed by atoms with van der Waals surface area (Å²) in [6, 6.07) is 16.7. The summed E-state index contributed by atoms with van der Waals surface area (Å²) >= 11 is 0. The van der Waals surface area contributed by atoms with Crippen molar-refractivity contribution in [2.24, 2.45) is 0 Å². The molecule has 228 valence electrons. The first-order valence-electron chi connectivity index (χ1n) is 15.7. The molecule has 0 radical (unpaired) electrons. The van der Waals surface area contributed by atoms with Gasteiger partial charge in [0.15, 0.2) is 0 Å². The van der Waals surface area contributed by atoms with E-state index in [9.17, 15) is 9.59 Å². The predicted molar refractivity (Wildman–Crippen MR) is 169 cm³/mol. The number of aromatic amines is 1. The van der Waals surface area contributed by atoms with Crippen molar-refractivity contribution in [3.63, 3.8) is 0 Å². The zero-order valence-corrected chi connectivity index (χ0v) is 25.9. The molecule has 2 fully saturated rings. The van der Waals surface area contributed by atoms with Crippen LogP contribution in [0.3, 0.4) is 0 Å². The molecule has 0 bridgehead atoms. The van der Waals surface area contributed by atoms with Gasteiger partial charge in [-0.2, -0.15) is 0 Å². The molecule has 0 spiro atoms. The molecule has 3 aliphatic rings. The number of carbonyl (C=O) groups is 2. The van der Waals surface area contributed by atoms with E-state index in [0.29, 0.717) is 23.7 Å². The molecule has 2 saturated heterocycles. The van der Waals surface area contributed by atoms with Crippen molar-refractivity contribution in [1.29, 1.82) is 0 Å². The standard InChI is InChI=1S/C35H44N4O4/c1-24(2)43-34(41)29-22-39(23-35(3,4)31-28-10-5-6-11-30(28)36-32(29)31)33(40)26-9-7-8-25(20-26)21-37-14-12-27(13-15-37)38-16-18-42-19-17-38/h5-11,20,22,24,27,36H,12-19,21,23H2,1-4H3. The maximum atomic E-state index is 14.1. The molecule has 4 heterocycles. The highest BCUT2D eigenvalue weighted by atomic mass is 16.5. The number of H-pyrrole nitrogens is 1. The number of fused-ring (bicyclic) bond motifs is 3. The molecule has 1 aromatic heterocycles. The summed E-state index contributed by atoms with van der Waals surface area (Å²) in [6.07, 6.45) is 3.74. The van der Waals surface area contributed by atoms with Crippen molar-refractivity contribution in [2.45, 2.75) is 64.6 Å². The monoisotopic (exact) mass is 584 g/mol. The minimum Gasteiger partial charge on any atom is -0.459 e. The summed E-state index contributed by atoms with van der Waals surface area (Å²) in [5.74, 6) is -0.558. The van der Waals surface area contributed by atoms with Crippen LogP contribution in [0.2, 0.25) is 0 Å². The number of piperidine rings is 1. The maximum Gasteiger partial charge on any atom is 0.342 e. The van der Waals surface area contributed by atoms with Gasteiger partial charge in [0.1, 0.15) is 0 Å². The number of hydrogen-bond donors (Lipinski definition) is 1. The number of hydrogen-bond acceptors (Lipinski definition) is 6. The number of benzene rings is 2. The van der Waals surface area contributed by atoms with E-state index in [1.165, 1.54) is 0 Å². The Morgan fingerprint density at radius 1 is 1.02 bits per heavy atom. The fourth-order valence-electron chi connectivity index (χ4n) is 6.99. The molecule has 0 atom stereocenters. The molecule has 43 heavy (non-hydrogen) atoms. The predicted octanol–water partition coefficient (Wildman–Crippen LogP) is 5.19. The van der Waals surface area contributed by atoms with Gasteiger partial charge in [-0.25, -0.2) is 4.79 Å². The molecule has 3 aromatic rings. The average Bonchev–Trinajstić information content (AvgIpc) is 3.34. The fourth-order valence-corrected chi connectivity index (χ4v) is 6.99. The van der Waals surface area contributed by atoms with E-state index in [-0.39, 0.29) is 12.0 Å². The van der Waals surface area contributed by atoms with Crippen LogP contribution in [0.15, 0.2) is 54.7 Å². The van der Waals surface area contributed by atoms with Gasteiger partial charge in [-0.1, -0.05) is 44.2 Å². The summed E-state index contributed by atoms with van der Waals surface area (Å²) < 4.78 is 11.2. The van der Waals surface area contributed by atoms with Crippen LogP contribution in [0.4, 0.5) is 0 Å². The van der Waals surface area contributed by atoms with Gasteiger partial charge in [0.2, 0.25) is 0 Å². The van der Waals surface area contributed by atoms with Crippen LogP contribution < -0.4 is 0 Å². The molecule has 1 amide bonds. The lowest BCUT2D eigenvalue weighted by atomic mass is 9.81. The van der Waals surface area contributed by atoms with Crippen LogP contribution in [0, 0.1) is 0 Å². The highest BCUT2D eigenvalue weighted by molar-refractivity contribution is 6.18. The van der Waals surface area contributed by atoms with Crippen molar-refractivity contribution in [1.82, 2.24) is 19.7 Å². The molecule has 0 aliphatic carbocycles. The molecule has 1 N–H and O–H groups in total.